The number of carbonyl (C=O) groups is 1. The van der Waals surface area contributed by atoms with Gasteiger partial charge in [-0.15, -0.1) is 0 Å². The molecule has 1 aliphatic carbocycles. The van der Waals surface area contributed by atoms with Crippen LogP contribution >= 0.6 is 0 Å². The number of nitrogens with one attached hydrogen (secondary N) is 1. The molecule has 1 saturated carbocycles. The van der Waals surface area contributed by atoms with Crippen LogP contribution in [0.2, 0.25) is 0 Å². The summed E-state index contributed by atoms with van der Waals surface area (Å²) in [5, 5.41) is 12.6. The Morgan fingerprint density at radius 2 is 2.00 bits per heavy atom. The van der Waals surface area contributed by atoms with Crippen LogP contribution < -0.4 is 5.32 Å². The fourth-order valence-corrected chi connectivity index (χ4v) is 2.71. The molecule has 1 fully saturated rings. The average Bonchev–Trinajstić information content (AvgIpc) is 3.26. The molecule has 134 valence electrons. The summed E-state index contributed by atoms with van der Waals surface area (Å²) in [5.74, 6) is 0.146. The summed E-state index contributed by atoms with van der Waals surface area (Å²) in [4.78, 5) is 13.6. The van der Waals surface area contributed by atoms with E-state index >= 15 is 0 Å². The molecular formula is C17H23F3N2O2. The number of alkyl halides is 3. The van der Waals surface area contributed by atoms with Gasteiger partial charge < -0.3 is 15.3 Å². The highest BCUT2D eigenvalue weighted by molar-refractivity contribution is 5.74. The Morgan fingerprint density at radius 1 is 1.38 bits per heavy atom. The molecule has 0 saturated heterocycles. The summed E-state index contributed by atoms with van der Waals surface area (Å²) in [5.41, 5.74) is -1.31. The normalized spacial score (nSPS) is 16.6. The van der Waals surface area contributed by atoms with Crippen molar-refractivity contribution in [2.45, 2.75) is 44.5 Å². The van der Waals surface area contributed by atoms with Gasteiger partial charge in [0.05, 0.1) is 23.8 Å². The molecule has 0 heterocycles. The molecule has 2 rings (SSSR count). The first-order valence-electron chi connectivity index (χ1n) is 7.88. The van der Waals surface area contributed by atoms with Gasteiger partial charge in [0.1, 0.15) is 0 Å². The number of hydrogen-bond donors (Lipinski definition) is 2. The molecule has 1 unspecified atom stereocenters. The lowest BCUT2D eigenvalue weighted by atomic mass is 10.00. The maximum absolute atomic E-state index is 12.9. The number of nitrogens with zero attached hydrogens (tertiary/aromatic N) is 1. The van der Waals surface area contributed by atoms with E-state index in [9.17, 15) is 23.1 Å². The molecule has 2 amide bonds. The predicted molar refractivity (Wildman–Crippen MR) is 84.4 cm³/mol. The lowest BCUT2D eigenvalue weighted by molar-refractivity contribution is -0.137. The largest absolute Gasteiger partial charge is 0.416 e. The van der Waals surface area contributed by atoms with Crippen LogP contribution in [0.1, 0.15) is 43.9 Å². The Morgan fingerprint density at radius 3 is 2.50 bits per heavy atom. The number of amides is 2. The highest BCUT2D eigenvalue weighted by Gasteiger charge is 2.36. The van der Waals surface area contributed by atoms with Crippen molar-refractivity contribution >= 4 is 6.03 Å². The van der Waals surface area contributed by atoms with Crippen molar-refractivity contribution in [3.63, 3.8) is 0 Å². The van der Waals surface area contributed by atoms with Crippen LogP contribution in [0.5, 0.6) is 0 Å². The summed E-state index contributed by atoms with van der Waals surface area (Å²) in [6.07, 6.45) is -2.67. The number of benzene rings is 1. The van der Waals surface area contributed by atoms with Gasteiger partial charge in [0.25, 0.3) is 0 Å². The van der Waals surface area contributed by atoms with Crippen LogP contribution in [-0.2, 0) is 6.18 Å². The highest BCUT2D eigenvalue weighted by Crippen LogP contribution is 2.42. The Bertz CT molecular complexity index is 592. The van der Waals surface area contributed by atoms with Crippen molar-refractivity contribution in [2.75, 3.05) is 13.6 Å². The monoisotopic (exact) mass is 344 g/mol. The molecule has 0 radical (unpaired) electrons. The molecule has 2 N–H and O–H groups in total. The van der Waals surface area contributed by atoms with Gasteiger partial charge in [-0.2, -0.15) is 13.2 Å². The Labute approximate surface area is 139 Å². The third kappa shape index (κ3) is 5.12. The van der Waals surface area contributed by atoms with E-state index in [4.69, 9.17) is 0 Å². The molecule has 7 heteroatoms. The van der Waals surface area contributed by atoms with Gasteiger partial charge in [0, 0.05) is 7.05 Å². The van der Waals surface area contributed by atoms with E-state index < -0.39 is 29.4 Å². The Balaban J connectivity index is 2.15. The van der Waals surface area contributed by atoms with Crippen molar-refractivity contribution in [1.29, 1.82) is 0 Å². The molecule has 0 spiro atoms. The fourth-order valence-electron chi connectivity index (χ4n) is 2.71. The standard InChI is InChI=1S/C17H23F3N2O2/c1-16(2,24)10-22(3)15(23)21-14(11-7-8-11)12-5-4-6-13(9-12)17(18,19)20/h4-6,9,11,14,24H,7-8,10H2,1-3H3,(H,21,23). The van der Waals surface area contributed by atoms with Gasteiger partial charge in [0.15, 0.2) is 0 Å². The quantitative estimate of drug-likeness (QED) is 0.858. The molecule has 0 bridgehead atoms. The topological polar surface area (TPSA) is 52.6 Å². The van der Waals surface area contributed by atoms with Gasteiger partial charge >= 0.3 is 12.2 Å². The van der Waals surface area contributed by atoms with Crippen LogP contribution in [0.4, 0.5) is 18.0 Å². The van der Waals surface area contributed by atoms with E-state index in [1.54, 1.807) is 27.0 Å². The molecule has 24 heavy (non-hydrogen) atoms. The van der Waals surface area contributed by atoms with Crippen molar-refractivity contribution in [1.82, 2.24) is 10.2 Å². The number of rotatable bonds is 5. The second-order valence-corrected chi connectivity index (χ2v) is 7.06. The number of halogens is 3. The third-order valence-electron chi connectivity index (χ3n) is 3.92. The van der Waals surface area contributed by atoms with E-state index in [0.717, 1.165) is 25.0 Å². The smallest absolute Gasteiger partial charge is 0.389 e. The van der Waals surface area contributed by atoms with Gasteiger partial charge in [-0.05, 0) is 50.3 Å². The minimum absolute atomic E-state index is 0.124. The zero-order valence-electron chi connectivity index (χ0n) is 14.0. The van der Waals surface area contributed by atoms with Gasteiger partial charge in [-0.1, -0.05) is 12.1 Å². The number of aliphatic hydroxyl groups is 1. The lowest BCUT2D eigenvalue weighted by Gasteiger charge is -2.28. The minimum atomic E-state index is -4.41. The minimum Gasteiger partial charge on any atom is -0.389 e. The van der Waals surface area contributed by atoms with E-state index in [-0.39, 0.29) is 12.5 Å². The molecule has 1 atom stereocenters. The number of carbonyl (C=O) groups excluding carboxylic acids is 1. The fraction of sp³-hybridized carbons (Fsp3) is 0.588. The third-order valence-corrected chi connectivity index (χ3v) is 3.92. The number of hydrogen-bond acceptors (Lipinski definition) is 2. The number of likely N-dealkylation sites (N-methyl/N-ethyl adjacent to an activating group) is 1. The van der Waals surface area contributed by atoms with Crippen LogP contribution in [0.25, 0.3) is 0 Å². The zero-order valence-corrected chi connectivity index (χ0v) is 14.0. The first-order chi connectivity index (χ1) is 11.0. The van der Waals surface area contributed by atoms with Crippen LogP contribution in [0, 0.1) is 5.92 Å². The van der Waals surface area contributed by atoms with Crippen LogP contribution in [0.3, 0.4) is 0 Å². The Hall–Kier alpha value is -1.76. The zero-order chi connectivity index (χ0) is 18.1. The van der Waals surface area contributed by atoms with Crippen molar-refractivity contribution < 1.29 is 23.1 Å². The highest BCUT2D eigenvalue weighted by atomic mass is 19.4. The van der Waals surface area contributed by atoms with Gasteiger partial charge in [-0.25, -0.2) is 4.79 Å². The lowest BCUT2D eigenvalue weighted by Crippen LogP contribution is -2.46. The summed E-state index contributed by atoms with van der Waals surface area (Å²) in [7, 11) is 1.55. The molecule has 1 aromatic carbocycles. The summed E-state index contributed by atoms with van der Waals surface area (Å²) in [6.45, 7) is 3.29. The van der Waals surface area contributed by atoms with Gasteiger partial charge in [0.2, 0.25) is 0 Å². The van der Waals surface area contributed by atoms with Crippen molar-refractivity contribution in [2.24, 2.45) is 5.92 Å². The summed E-state index contributed by atoms with van der Waals surface area (Å²) in [6, 6.07) is 4.22. The van der Waals surface area contributed by atoms with Crippen LogP contribution in [0.15, 0.2) is 24.3 Å². The summed E-state index contributed by atoms with van der Waals surface area (Å²) < 4.78 is 38.7. The first kappa shape index (κ1) is 18.6. The average molecular weight is 344 g/mol. The molecule has 0 aliphatic heterocycles. The van der Waals surface area contributed by atoms with E-state index in [0.29, 0.717) is 5.56 Å². The van der Waals surface area contributed by atoms with Crippen LogP contribution in [-0.4, -0.2) is 35.2 Å². The maximum Gasteiger partial charge on any atom is 0.416 e. The van der Waals surface area contributed by atoms with E-state index in [1.165, 1.54) is 11.0 Å². The molecule has 0 aromatic heterocycles. The van der Waals surface area contributed by atoms with Crippen molar-refractivity contribution in [3.8, 4) is 0 Å². The Kier molecular flexibility index (Phi) is 5.13. The van der Waals surface area contributed by atoms with E-state index in [1.807, 2.05) is 0 Å². The molecular weight excluding hydrogens is 321 g/mol. The van der Waals surface area contributed by atoms with Crippen molar-refractivity contribution in [3.05, 3.63) is 35.4 Å². The maximum atomic E-state index is 12.9. The number of urea groups is 1. The molecule has 1 aromatic rings. The molecule has 4 nitrogen and oxygen atoms in total. The first-order valence-corrected chi connectivity index (χ1v) is 7.88. The second kappa shape index (κ2) is 6.63. The SMILES string of the molecule is CN(CC(C)(C)O)C(=O)NC(c1cccc(C(F)(F)F)c1)C1CC1. The second-order valence-electron chi connectivity index (χ2n) is 7.06. The summed E-state index contributed by atoms with van der Waals surface area (Å²) >= 11 is 0. The predicted octanol–water partition coefficient (Wildman–Crippen LogP) is 3.57. The van der Waals surface area contributed by atoms with Gasteiger partial charge in [-0.3, -0.25) is 0 Å². The van der Waals surface area contributed by atoms with E-state index in [2.05, 4.69) is 5.32 Å². The molecule has 1 aliphatic rings.